The van der Waals surface area contributed by atoms with Crippen LogP contribution in [0, 0.1) is 6.92 Å². The number of hydrogen-bond donors (Lipinski definition) is 8. The van der Waals surface area contributed by atoms with E-state index in [0.29, 0.717) is 0 Å². The van der Waals surface area contributed by atoms with Gasteiger partial charge in [0.2, 0.25) is 0 Å². The number of rotatable bonds is 7. The van der Waals surface area contributed by atoms with E-state index in [0.717, 1.165) is 12.1 Å². The van der Waals surface area contributed by atoms with Crippen LogP contribution in [0.1, 0.15) is 29.9 Å². The minimum Gasteiger partial charge on any atom is -0.507 e. The highest BCUT2D eigenvalue weighted by molar-refractivity contribution is 5.84. The van der Waals surface area contributed by atoms with E-state index in [9.17, 15) is 50.4 Å². The highest BCUT2D eigenvalue weighted by atomic mass is 16.7. The molecule has 10 unspecified atom stereocenters. The molecule has 3 heterocycles. The first-order valence-electron chi connectivity index (χ1n) is 12.3. The summed E-state index contributed by atoms with van der Waals surface area (Å²) in [5, 5.41) is 82.3. The van der Waals surface area contributed by atoms with E-state index in [1.165, 1.54) is 13.8 Å². The van der Waals surface area contributed by atoms with E-state index in [2.05, 4.69) is 0 Å². The molecular weight excluding hydrogens is 524 g/mol. The van der Waals surface area contributed by atoms with Crippen molar-refractivity contribution in [2.75, 3.05) is 13.2 Å². The van der Waals surface area contributed by atoms with E-state index in [1.807, 2.05) is 0 Å². The van der Waals surface area contributed by atoms with Gasteiger partial charge in [0.05, 0.1) is 25.0 Å². The van der Waals surface area contributed by atoms with E-state index >= 15 is 0 Å². The monoisotopic (exact) mass is 556 g/mol. The van der Waals surface area contributed by atoms with Crippen LogP contribution < -0.4 is 5.43 Å². The van der Waals surface area contributed by atoms with Crippen LogP contribution in [0.2, 0.25) is 0 Å². The van der Waals surface area contributed by atoms with Crippen LogP contribution in [-0.4, -0.2) is 115 Å². The topological polar surface area (TPSA) is 237 Å². The van der Waals surface area contributed by atoms with E-state index in [1.54, 1.807) is 0 Å². The highest BCUT2D eigenvalue weighted by Crippen LogP contribution is 2.43. The molecule has 2 fully saturated rings. The van der Waals surface area contributed by atoms with Crippen molar-refractivity contribution in [1.29, 1.82) is 0 Å². The largest absolute Gasteiger partial charge is 0.507 e. The fraction of sp³-hybridized carbons (Fsp3) is 0.600. The second-order valence-corrected chi connectivity index (χ2v) is 9.82. The average molecular weight is 557 g/mol. The quantitative estimate of drug-likeness (QED) is 0.173. The number of carbonyl (C=O) groups excluding carboxylic acids is 1. The summed E-state index contributed by atoms with van der Waals surface area (Å²) in [4.78, 5) is 24.5. The number of fused-ring (bicyclic) bond motifs is 1. The molecule has 2 aromatic rings. The van der Waals surface area contributed by atoms with Gasteiger partial charge in [-0.05, 0) is 19.4 Å². The lowest BCUT2D eigenvalue weighted by atomic mass is 9.87. The van der Waals surface area contributed by atoms with Gasteiger partial charge in [0.15, 0.2) is 11.7 Å². The number of aromatic hydroxyl groups is 1. The lowest BCUT2D eigenvalue weighted by Crippen LogP contribution is -2.62. The Morgan fingerprint density at radius 3 is 2.15 bits per heavy atom. The van der Waals surface area contributed by atoms with Gasteiger partial charge in [0, 0.05) is 17.7 Å². The first-order chi connectivity index (χ1) is 18.4. The first kappa shape index (κ1) is 29.5. The molecule has 0 bridgehead atoms. The normalized spacial score (nSPS) is 35.3. The number of aliphatic hydroxyl groups is 7. The summed E-state index contributed by atoms with van der Waals surface area (Å²) in [6, 6.07) is 2.25. The molecule has 10 atom stereocenters. The maximum absolute atomic E-state index is 13.0. The summed E-state index contributed by atoms with van der Waals surface area (Å²) in [6.07, 6.45) is -16.6. The maximum Gasteiger partial charge on any atom is 0.193 e. The number of Topliss-reactive ketones (excluding diaryl/α,β-unsaturated/α-hetero) is 1. The van der Waals surface area contributed by atoms with Gasteiger partial charge in [-0.1, -0.05) is 0 Å². The highest BCUT2D eigenvalue weighted by Gasteiger charge is 2.51. The minimum atomic E-state index is -1.86. The average Bonchev–Trinajstić information content (AvgIpc) is 2.87. The third kappa shape index (κ3) is 5.45. The Hall–Kier alpha value is -2.50. The molecule has 14 heteroatoms. The molecule has 39 heavy (non-hydrogen) atoms. The van der Waals surface area contributed by atoms with Gasteiger partial charge < -0.3 is 59.5 Å². The van der Waals surface area contributed by atoms with Crippen LogP contribution in [0.5, 0.6) is 5.75 Å². The van der Waals surface area contributed by atoms with Crippen LogP contribution >= 0.6 is 0 Å². The van der Waals surface area contributed by atoms with Gasteiger partial charge in [0.25, 0.3) is 0 Å². The van der Waals surface area contributed by atoms with Crippen LogP contribution in [-0.2, 0) is 25.4 Å². The van der Waals surface area contributed by atoms with Crippen molar-refractivity contribution in [1.82, 2.24) is 0 Å². The number of aryl methyl sites for hydroxylation is 1. The Kier molecular flexibility index (Phi) is 8.73. The number of carbonyl (C=O) groups is 1. The molecule has 0 saturated carbocycles. The molecule has 8 N–H and O–H groups in total. The standard InChI is InChI=1S/C25H32O14/c1-8(28)3-10-4-11(29)16-9(2)17(12(30)5-13(16)36-10)23-24(21(34)19(32)14(6-26)37-23)39-25-22(35)20(33)18(31)15(7-27)38-25/h4-5,14-15,18-27,30-35H,3,6-7H2,1-2H3. The van der Waals surface area contributed by atoms with Crippen LogP contribution in [0.3, 0.4) is 0 Å². The van der Waals surface area contributed by atoms with Gasteiger partial charge in [-0.2, -0.15) is 0 Å². The number of ketones is 1. The summed E-state index contributed by atoms with van der Waals surface area (Å²) >= 11 is 0. The van der Waals surface area contributed by atoms with E-state index in [-0.39, 0.29) is 40.1 Å². The van der Waals surface area contributed by atoms with E-state index in [4.69, 9.17) is 18.6 Å². The Morgan fingerprint density at radius 2 is 1.54 bits per heavy atom. The zero-order valence-electron chi connectivity index (χ0n) is 21.1. The van der Waals surface area contributed by atoms with Crippen molar-refractivity contribution in [3.05, 3.63) is 39.2 Å². The van der Waals surface area contributed by atoms with E-state index < -0.39 is 85.6 Å². The summed E-state index contributed by atoms with van der Waals surface area (Å²) in [5.74, 6) is -0.638. The molecule has 2 aliphatic heterocycles. The summed E-state index contributed by atoms with van der Waals surface area (Å²) in [7, 11) is 0. The van der Waals surface area contributed by atoms with Crippen LogP contribution in [0.25, 0.3) is 11.0 Å². The molecule has 0 radical (unpaired) electrons. The first-order valence-corrected chi connectivity index (χ1v) is 12.3. The van der Waals surface area contributed by atoms with Gasteiger partial charge in [-0.3, -0.25) is 9.59 Å². The smallest absolute Gasteiger partial charge is 0.193 e. The third-order valence-electron chi connectivity index (χ3n) is 7.06. The molecule has 1 aromatic carbocycles. The maximum atomic E-state index is 13.0. The Balaban J connectivity index is 1.79. The predicted octanol–water partition coefficient (Wildman–Crippen LogP) is -2.72. The Bertz CT molecular complexity index is 1260. The van der Waals surface area contributed by atoms with Gasteiger partial charge >= 0.3 is 0 Å². The number of phenolic OH excluding ortho intramolecular Hbond substituents is 1. The van der Waals surface area contributed by atoms with Crippen molar-refractivity contribution in [3.63, 3.8) is 0 Å². The van der Waals surface area contributed by atoms with Gasteiger partial charge in [0.1, 0.15) is 77.8 Å². The second kappa shape index (κ2) is 11.5. The number of hydrogen-bond acceptors (Lipinski definition) is 14. The summed E-state index contributed by atoms with van der Waals surface area (Å²) in [6.45, 7) is 1.28. The fourth-order valence-corrected chi connectivity index (χ4v) is 5.06. The number of aliphatic hydroxyl groups excluding tert-OH is 7. The SMILES string of the molecule is CC(=O)Cc1cc(=O)c2c(C)c(C3OC(CO)C(O)C(O)C3OC3OC(CO)C(O)C(O)C3O)c(O)cc2o1. The van der Waals surface area contributed by atoms with Crippen molar-refractivity contribution in [3.8, 4) is 5.75 Å². The van der Waals surface area contributed by atoms with Crippen molar-refractivity contribution in [2.24, 2.45) is 0 Å². The number of ether oxygens (including phenoxy) is 3. The zero-order chi connectivity index (χ0) is 28.8. The summed E-state index contributed by atoms with van der Waals surface area (Å²) < 4.78 is 22.5. The Morgan fingerprint density at radius 1 is 0.923 bits per heavy atom. The van der Waals surface area contributed by atoms with Crippen molar-refractivity contribution >= 4 is 16.8 Å². The fourth-order valence-electron chi connectivity index (χ4n) is 5.06. The van der Waals surface area contributed by atoms with Crippen molar-refractivity contribution < 1.29 is 64.3 Å². The number of benzene rings is 1. The number of phenols is 1. The predicted molar refractivity (Wildman–Crippen MR) is 129 cm³/mol. The molecule has 0 amide bonds. The lowest BCUT2D eigenvalue weighted by molar-refractivity contribution is -0.342. The lowest BCUT2D eigenvalue weighted by Gasteiger charge is -2.46. The molecule has 0 aliphatic carbocycles. The molecule has 2 saturated heterocycles. The molecule has 216 valence electrons. The minimum absolute atomic E-state index is 0.0199. The molecule has 0 spiro atoms. The summed E-state index contributed by atoms with van der Waals surface area (Å²) in [5.41, 5.74) is -0.499. The van der Waals surface area contributed by atoms with Crippen LogP contribution in [0.15, 0.2) is 21.3 Å². The molecule has 14 nitrogen and oxygen atoms in total. The molecule has 1 aromatic heterocycles. The van der Waals surface area contributed by atoms with Crippen molar-refractivity contribution in [2.45, 2.75) is 81.5 Å². The Labute approximate surface area is 221 Å². The van der Waals surface area contributed by atoms with Crippen LogP contribution in [0.4, 0.5) is 0 Å². The second-order valence-electron chi connectivity index (χ2n) is 9.82. The van der Waals surface area contributed by atoms with Gasteiger partial charge in [-0.15, -0.1) is 0 Å². The molecule has 4 rings (SSSR count). The zero-order valence-corrected chi connectivity index (χ0v) is 21.1. The third-order valence-corrected chi connectivity index (χ3v) is 7.06. The molecule has 2 aliphatic rings. The van der Waals surface area contributed by atoms with Gasteiger partial charge in [-0.25, -0.2) is 0 Å². The molecular formula is C25H32O14.